The quantitative estimate of drug-likeness (QED) is 0.509. The summed E-state index contributed by atoms with van der Waals surface area (Å²) in [6.45, 7) is 1.38. The van der Waals surface area contributed by atoms with Crippen LogP contribution in [0.25, 0.3) is 0 Å². The van der Waals surface area contributed by atoms with Gasteiger partial charge in [0.05, 0.1) is 6.54 Å². The SMILES string of the molecule is CSc1ccc(C(=O)CN2C(=O)N[C@@](C)(c3ccccc3)C2=O)cc1. The molecule has 25 heavy (non-hydrogen) atoms. The van der Waals surface area contributed by atoms with Gasteiger partial charge in [-0.25, -0.2) is 4.79 Å². The molecule has 0 spiro atoms. The van der Waals surface area contributed by atoms with E-state index in [1.165, 1.54) is 0 Å². The standard InChI is InChI=1S/C19H18N2O3S/c1-19(14-6-4-3-5-7-14)17(23)21(18(24)20-19)12-16(22)13-8-10-15(25-2)11-9-13/h3-11H,12H2,1-2H3,(H,20,24)/t19-/m0/s1. The normalized spacial score (nSPS) is 19.8. The smallest absolute Gasteiger partial charge is 0.319 e. The second-order valence-corrected chi connectivity index (χ2v) is 6.84. The minimum atomic E-state index is -1.15. The number of benzene rings is 2. The van der Waals surface area contributed by atoms with E-state index in [-0.39, 0.29) is 12.3 Å². The van der Waals surface area contributed by atoms with E-state index in [1.807, 2.05) is 24.5 Å². The number of thioether (sulfide) groups is 1. The first kappa shape index (κ1) is 17.2. The molecule has 1 N–H and O–H groups in total. The molecule has 0 radical (unpaired) electrons. The Morgan fingerprint density at radius 1 is 1.08 bits per heavy atom. The van der Waals surface area contributed by atoms with E-state index >= 15 is 0 Å². The van der Waals surface area contributed by atoms with Gasteiger partial charge in [0.1, 0.15) is 5.54 Å². The second kappa shape index (κ2) is 6.72. The molecule has 1 aliphatic rings. The molecule has 0 bridgehead atoms. The average Bonchev–Trinajstić information content (AvgIpc) is 2.86. The molecule has 1 aliphatic heterocycles. The van der Waals surface area contributed by atoms with E-state index in [1.54, 1.807) is 55.1 Å². The number of imide groups is 1. The highest BCUT2D eigenvalue weighted by Gasteiger charge is 2.49. The molecule has 1 fully saturated rings. The van der Waals surface area contributed by atoms with Crippen LogP contribution in [0.5, 0.6) is 0 Å². The predicted molar refractivity (Wildman–Crippen MR) is 96.6 cm³/mol. The summed E-state index contributed by atoms with van der Waals surface area (Å²) in [5.41, 5.74) is 0.0146. The molecule has 3 rings (SSSR count). The summed E-state index contributed by atoms with van der Waals surface area (Å²) >= 11 is 1.58. The number of nitrogens with one attached hydrogen (secondary N) is 1. The molecule has 2 aromatic rings. The maximum Gasteiger partial charge on any atom is 0.325 e. The van der Waals surface area contributed by atoms with Gasteiger partial charge in [0, 0.05) is 10.5 Å². The second-order valence-electron chi connectivity index (χ2n) is 5.96. The van der Waals surface area contributed by atoms with Crippen LogP contribution in [0.3, 0.4) is 0 Å². The monoisotopic (exact) mass is 354 g/mol. The average molecular weight is 354 g/mol. The first-order chi connectivity index (χ1) is 12.0. The van der Waals surface area contributed by atoms with Crippen molar-refractivity contribution >= 4 is 29.5 Å². The molecule has 2 aromatic carbocycles. The zero-order chi connectivity index (χ0) is 18.0. The van der Waals surface area contributed by atoms with Crippen LogP contribution >= 0.6 is 11.8 Å². The maximum absolute atomic E-state index is 12.8. The number of rotatable bonds is 5. The fourth-order valence-electron chi connectivity index (χ4n) is 2.82. The van der Waals surface area contributed by atoms with Gasteiger partial charge < -0.3 is 5.32 Å². The minimum absolute atomic E-state index is 0.270. The Hall–Kier alpha value is -2.60. The van der Waals surface area contributed by atoms with Gasteiger partial charge >= 0.3 is 6.03 Å². The summed E-state index contributed by atoms with van der Waals surface area (Å²) in [6, 6.07) is 15.6. The third kappa shape index (κ3) is 3.17. The van der Waals surface area contributed by atoms with Gasteiger partial charge in [-0.3, -0.25) is 14.5 Å². The third-order valence-electron chi connectivity index (χ3n) is 4.34. The Morgan fingerprint density at radius 3 is 2.32 bits per heavy atom. The van der Waals surface area contributed by atoms with Gasteiger partial charge in [-0.05, 0) is 30.9 Å². The van der Waals surface area contributed by atoms with Gasteiger partial charge in [0.15, 0.2) is 5.78 Å². The molecular weight excluding hydrogens is 336 g/mol. The van der Waals surface area contributed by atoms with E-state index in [2.05, 4.69) is 5.32 Å². The summed E-state index contributed by atoms with van der Waals surface area (Å²) in [4.78, 5) is 39.6. The molecule has 1 atom stereocenters. The van der Waals surface area contributed by atoms with E-state index < -0.39 is 17.5 Å². The Balaban J connectivity index is 1.80. The van der Waals surface area contributed by atoms with Crippen molar-refractivity contribution in [1.29, 1.82) is 0 Å². The van der Waals surface area contributed by atoms with Gasteiger partial charge in [0.2, 0.25) is 0 Å². The van der Waals surface area contributed by atoms with Crippen LogP contribution in [-0.2, 0) is 10.3 Å². The third-order valence-corrected chi connectivity index (χ3v) is 5.08. The molecular formula is C19H18N2O3S. The van der Waals surface area contributed by atoms with Crippen molar-refractivity contribution in [3.8, 4) is 0 Å². The molecule has 0 aliphatic carbocycles. The number of amides is 3. The van der Waals surface area contributed by atoms with Crippen molar-refractivity contribution in [2.45, 2.75) is 17.4 Å². The van der Waals surface area contributed by atoms with Crippen LogP contribution in [0.15, 0.2) is 59.5 Å². The number of nitrogens with zero attached hydrogens (tertiary/aromatic N) is 1. The Morgan fingerprint density at radius 2 is 1.72 bits per heavy atom. The number of hydrogen-bond donors (Lipinski definition) is 1. The number of carbonyl (C=O) groups excluding carboxylic acids is 3. The largest absolute Gasteiger partial charge is 0.325 e. The highest BCUT2D eigenvalue weighted by molar-refractivity contribution is 7.98. The molecule has 0 aromatic heterocycles. The molecule has 0 unspecified atom stereocenters. The lowest BCUT2D eigenvalue weighted by Gasteiger charge is -2.22. The molecule has 5 nitrogen and oxygen atoms in total. The molecule has 1 saturated heterocycles. The van der Waals surface area contributed by atoms with E-state index in [0.29, 0.717) is 11.1 Å². The summed E-state index contributed by atoms with van der Waals surface area (Å²) in [7, 11) is 0. The lowest BCUT2D eigenvalue weighted by molar-refractivity contribution is -0.130. The Labute approximate surface area is 150 Å². The molecule has 1 heterocycles. The van der Waals surface area contributed by atoms with Gasteiger partial charge in [0.25, 0.3) is 5.91 Å². The summed E-state index contributed by atoms with van der Waals surface area (Å²) in [6.07, 6.45) is 1.95. The highest BCUT2D eigenvalue weighted by atomic mass is 32.2. The molecule has 128 valence electrons. The number of Topliss-reactive ketones (excluding diaryl/α,β-unsaturated/α-hetero) is 1. The van der Waals surface area contributed by atoms with Crippen LogP contribution in [-0.4, -0.2) is 35.4 Å². The summed E-state index contributed by atoms with van der Waals surface area (Å²) < 4.78 is 0. The van der Waals surface area contributed by atoms with Crippen molar-refractivity contribution in [1.82, 2.24) is 10.2 Å². The number of ketones is 1. The van der Waals surface area contributed by atoms with Crippen molar-refractivity contribution in [3.05, 3.63) is 65.7 Å². The van der Waals surface area contributed by atoms with Crippen LogP contribution in [0.4, 0.5) is 4.79 Å². The fourth-order valence-corrected chi connectivity index (χ4v) is 3.23. The van der Waals surface area contributed by atoms with Crippen LogP contribution in [0.1, 0.15) is 22.8 Å². The van der Waals surface area contributed by atoms with Crippen molar-refractivity contribution in [3.63, 3.8) is 0 Å². The van der Waals surface area contributed by atoms with Gasteiger partial charge in [-0.1, -0.05) is 42.5 Å². The zero-order valence-electron chi connectivity index (χ0n) is 14.0. The number of carbonyl (C=O) groups is 3. The Bertz CT molecular complexity index is 820. The lowest BCUT2D eigenvalue weighted by Crippen LogP contribution is -2.41. The topological polar surface area (TPSA) is 66.5 Å². The number of hydrogen-bond acceptors (Lipinski definition) is 4. The number of urea groups is 1. The zero-order valence-corrected chi connectivity index (χ0v) is 14.8. The lowest BCUT2D eigenvalue weighted by atomic mass is 9.92. The molecule has 6 heteroatoms. The van der Waals surface area contributed by atoms with E-state index in [4.69, 9.17) is 0 Å². The van der Waals surface area contributed by atoms with Crippen molar-refractivity contribution < 1.29 is 14.4 Å². The molecule has 3 amide bonds. The summed E-state index contributed by atoms with van der Waals surface area (Å²) in [5.74, 6) is -0.689. The predicted octanol–water partition coefficient (Wildman–Crippen LogP) is 3.06. The van der Waals surface area contributed by atoms with Crippen LogP contribution in [0, 0.1) is 0 Å². The Kier molecular flexibility index (Phi) is 4.63. The van der Waals surface area contributed by atoms with Crippen LogP contribution in [0.2, 0.25) is 0 Å². The first-order valence-electron chi connectivity index (χ1n) is 7.82. The highest BCUT2D eigenvalue weighted by Crippen LogP contribution is 2.28. The first-order valence-corrected chi connectivity index (χ1v) is 9.05. The van der Waals surface area contributed by atoms with Crippen LogP contribution < -0.4 is 5.32 Å². The minimum Gasteiger partial charge on any atom is -0.319 e. The molecule has 0 saturated carbocycles. The van der Waals surface area contributed by atoms with Crippen molar-refractivity contribution in [2.75, 3.05) is 12.8 Å². The van der Waals surface area contributed by atoms with E-state index in [0.717, 1.165) is 9.80 Å². The fraction of sp³-hybridized carbons (Fsp3) is 0.211. The van der Waals surface area contributed by atoms with E-state index in [9.17, 15) is 14.4 Å². The van der Waals surface area contributed by atoms with Crippen molar-refractivity contribution in [2.24, 2.45) is 0 Å². The van der Waals surface area contributed by atoms with Gasteiger partial charge in [-0.15, -0.1) is 11.8 Å². The summed E-state index contributed by atoms with van der Waals surface area (Å²) in [5, 5.41) is 2.70. The van der Waals surface area contributed by atoms with Gasteiger partial charge in [-0.2, -0.15) is 0 Å². The maximum atomic E-state index is 12.8.